The van der Waals surface area contributed by atoms with E-state index in [9.17, 15) is 0 Å². The van der Waals surface area contributed by atoms with E-state index in [0.717, 1.165) is 18.1 Å². The van der Waals surface area contributed by atoms with Crippen LogP contribution >= 0.6 is 47.3 Å². The van der Waals surface area contributed by atoms with E-state index in [-0.39, 0.29) is 24.0 Å². The summed E-state index contributed by atoms with van der Waals surface area (Å²) in [6.07, 6.45) is 2.55. The number of aliphatic imine (C=N–C) groups is 1. The van der Waals surface area contributed by atoms with E-state index < -0.39 is 0 Å². The quantitative estimate of drug-likeness (QED) is 0.378. The van der Waals surface area contributed by atoms with Crippen molar-refractivity contribution in [3.8, 4) is 11.5 Å². The van der Waals surface area contributed by atoms with Crippen LogP contribution in [0, 0.1) is 0 Å². The first-order valence-electron chi connectivity index (χ1n) is 8.26. The number of guanidine groups is 1. The second-order valence-electron chi connectivity index (χ2n) is 6.28. The normalized spacial score (nSPS) is 22.3. The Kier molecular flexibility index (Phi) is 7.82. The number of benzene rings is 1. The van der Waals surface area contributed by atoms with Gasteiger partial charge in [-0.05, 0) is 43.2 Å². The molecule has 1 saturated heterocycles. The molecular formula is C17H25ClIN3O2S. The first-order chi connectivity index (χ1) is 11.6. The van der Waals surface area contributed by atoms with Gasteiger partial charge in [-0.2, -0.15) is 11.8 Å². The van der Waals surface area contributed by atoms with Crippen LogP contribution in [0.15, 0.2) is 17.1 Å². The van der Waals surface area contributed by atoms with Crippen LogP contribution in [0.5, 0.6) is 11.5 Å². The van der Waals surface area contributed by atoms with E-state index >= 15 is 0 Å². The van der Waals surface area contributed by atoms with Gasteiger partial charge < -0.3 is 20.1 Å². The van der Waals surface area contributed by atoms with E-state index in [1.54, 1.807) is 7.05 Å². The molecule has 1 unspecified atom stereocenters. The molecule has 0 saturated carbocycles. The molecule has 0 bridgehead atoms. The standard InChI is InChI=1S/C17H24ClN3O2S.HI/c1-17(4-3-7-24-17)11-21-16(19-2)20-10-12-8-13(18)15-14(9-12)22-5-6-23-15;/h8-9H,3-7,10-11H2,1-2H3,(H2,19,20,21);1H. The zero-order valence-electron chi connectivity index (χ0n) is 14.6. The molecule has 3 rings (SSSR count). The van der Waals surface area contributed by atoms with Crippen LogP contribution in [0.2, 0.25) is 5.02 Å². The number of halogens is 2. The molecule has 1 aromatic rings. The van der Waals surface area contributed by atoms with Gasteiger partial charge in [0, 0.05) is 24.9 Å². The fourth-order valence-electron chi connectivity index (χ4n) is 2.92. The summed E-state index contributed by atoms with van der Waals surface area (Å²) in [5.41, 5.74) is 1.04. The Balaban J connectivity index is 0.00000225. The molecule has 1 aromatic carbocycles. The lowest BCUT2D eigenvalue weighted by Gasteiger charge is -2.24. The van der Waals surface area contributed by atoms with Gasteiger partial charge in [-0.1, -0.05) is 11.6 Å². The van der Waals surface area contributed by atoms with Crippen LogP contribution in [0.3, 0.4) is 0 Å². The number of hydrogen-bond acceptors (Lipinski definition) is 4. The van der Waals surface area contributed by atoms with E-state index in [1.165, 1.54) is 18.6 Å². The Morgan fingerprint density at radius 3 is 2.84 bits per heavy atom. The third kappa shape index (κ3) is 5.47. The van der Waals surface area contributed by atoms with Crippen molar-refractivity contribution < 1.29 is 9.47 Å². The SMILES string of the molecule is CN=C(NCc1cc(Cl)c2c(c1)OCCO2)NCC1(C)CCCS1.I. The molecule has 8 heteroatoms. The highest BCUT2D eigenvalue weighted by Gasteiger charge is 2.29. The van der Waals surface area contributed by atoms with Gasteiger partial charge in [0.1, 0.15) is 13.2 Å². The lowest BCUT2D eigenvalue weighted by atomic mass is 10.1. The van der Waals surface area contributed by atoms with Crippen molar-refractivity contribution in [2.75, 3.05) is 32.6 Å². The van der Waals surface area contributed by atoms with Crippen molar-refractivity contribution in [3.63, 3.8) is 0 Å². The fourth-order valence-corrected chi connectivity index (χ4v) is 4.45. The molecule has 0 spiro atoms. The third-order valence-corrected chi connectivity index (χ3v) is 6.09. The minimum Gasteiger partial charge on any atom is -0.486 e. The van der Waals surface area contributed by atoms with Crippen LogP contribution in [0.1, 0.15) is 25.3 Å². The molecule has 1 fully saturated rings. The van der Waals surface area contributed by atoms with E-state index in [1.807, 2.05) is 23.9 Å². The molecule has 2 N–H and O–H groups in total. The van der Waals surface area contributed by atoms with Gasteiger partial charge in [-0.25, -0.2) is 0 Å². The van der Waals surface area contributed by atoms with E-state index in [2.05, 4.69) is 22.5 Å². The molecular weight excluding hydrogens is 473 g/mol. The lowest BCUT2D eigenvalue weighted by molar-refractivity contribution is 0.171. The van der Waals surface area contributed by atoms with Gasteiger partial charge in [-0.3, -0.25) is 4.99 Å². The molecule has 2 aliphatic rings. The van der Waals surface area contributed by atoms with Crippen LogP contribution in [-0.4, -0.2) is 43.3 Å². The molecule has 2 aliphatic heterocycles. The maximum atomic E-state index is 6.28. The highest BCUT2D eigenvalue weighted by molar-refractivity contribution is 14.0. The van der Waals surface area contributed by atoms with E-state index in [0.29, 0.717) is 41.0 Å². The van der Waals surface area contributed by atoms with Crippen LogP contribution in [-0.2, 0) is 6.54 Å². The fraction of sp³-hybridized carbons (Fsp3) is 0.588. The molecule has 0 aliphatic carbocycles. The number of nitrogens with zero attached hydrogens (tertiary/aromatic N) is 1. The zero-order chi connectivity index (χ0) is 17.0. The maximum Gasteiger partial charge on any atom is 0.191 e. The van der Waals surface area contributed by atoms with Gasteiger partial charge in [0.2, 0.25) is 0 Å². The largest absolute Gasteiger partial charge is 0.486 e. The van der Waals surface area contributed by atoms with Crippen LogP contribution in [0.25, 0.3) is 0 Å². The smallest absolute Gasteiger partial charge is 0.191 e. The van der Waals surface area contributed by atoms with Gasteiger partial charge in [0.15, 0.2) is 17.5 Å². The Labute approximate surface area is 175 Å². The molecule has 0 aromatic heterocycles. The highest BCUT2D eigenvalue weighted by atomic mass is 127. The Morgan fingerprint density at radius 2 is 2.12 bits per heavy atom. The average molecular weight is 498 g/mol. The molecule has 0 amide bonds. The number of nitrogens with one attached hydrogen (secondary N) is 2. The molecule has 25 heavy (non-hydrogen) atoms. The third-order valence-electron chi connectivity index (χ3n) is 4.27. The lowest BCUT2D eigenvalue weighted by Crippen LogP contribution is -2.43. The van der Waals surface area contributed by atoms with Crippen molar-refractivity contribution >= 4 is 53.3 Å². The number of fused-ring (bicyclic) bond motifs is 1. The topological polar surface area (TPSA) is 54.9 Å². The minimum absolute atomic E-state index is 0. The predicted molar refractivity (Wildman–Crippen MR) is 116 cm³/mol. The summed E-state index contributed by atoms with van der Waals surface area (Å²) >= 11 is 8.32. The minimum atomic E-state index is 0. The van der Waals surface area contributed by atoms with Crippen molar-refractivity contribution in [2.45, 2.75) is 31.1 Å². The van der Waals surface area contributed by atoms with Crippen LogP contribution in [0.4, 0.5) is 0 Å². The maximum absolute atomic E-state index is 6.28. The Morgan fingerprint density at radius 1 is 1.32 bits per heavy atom. The van der Waals surface area contributed by atoms with E-state index in [4.69, 9.17) is 21.1 Å². The van der Waals surface area contributed by atoms with Crippen molar-refractivity contribution in [3.05, 3.63) is 22.7 Å². The highest BCUT2D eigenvalue weighted by Crippen LogP contribution is 2.38. The summed E-state index contributed by atoms with van der Waals surface area (Å²) in [6, 6.07) is 3.87. The van der Waals surface area contributed by atoms with Gasteiger partial charge in [0.05, 0.1) is 5.02 Å². The number of hydrogen-bond donors (Lipinski definition) is 2. The summed E-state index contributed by atoms with van der Waals surface area (Å²) in [7, 11) is 1.79. The van der Waals surface area contributed by atoms with Crippen molar-refractivity contribution in [2.24, 2.45) is 4.99 Å². The molecule has 5 nitrogen and oxygen atoms in total. The summed E-state index contributed by atoms with van der Waals surface area (Å²) in [4.78, 5) is 4.30. The van der Waals surface area contributed by atoms with Crippen molar-refractivity contribution in [1.82, 2.24) is 10.6 Å². The van der Waals surface area contributed by atoms with Gasteiger partial charge >= 0.3 is 0 Å². The Hall–Kier alpha value is -0.540. The summed E-state index contributed by atoms with van der Waals surface area (Å²) < 4.78 is 11.5. The summed E-state index contributed by atoms with van der Waals surface area (Å²) in [5.74, 6) is 3.40. The molecule has 1 atom stereocenters. The predicted octanol–water partition coefficient (Wildman–Crippen LogP) is 3.68. The van der Waals surface area contributed by atoms with Gasteiger partial charge in [-0.15, -0.1) is 24.0 Å². The number of ether oxygens (including phenoxy) is 2. The first kappa shape index (κ1) is 20.8. The monoisotopic (exact) mass is 497 g/mol. The zero-order valence-corrected chi connectivity index (χ0v) is 18.5. The van der Waals surface area contributed by atoms with Crippen molar-refractivity contribution in [1.29, 1.82) is 0 Å². The number of thioether (sulfide) groups is 1. The molecule has 0 radical (unpaired) electrons. The second kappa shape index (κ2) is 9.41. The average Bonchev–Trinajstić information content (AvgIpc) is 3.02. The summed E-state index contributed by atoms with van der Waals surface area (Å²) in [6.45, 7) is 4.95. The molecule has 2 heterocycles. The van der Waals surface area contributed by atoms with Crippen LogP contribution < -0.4 is 20.1 Å². The first-order valence-corrected chi connectivity index (χ1v) is 9.62. The number of rotatable bonds is 4. The summed E-state index contributed by atoms with van der Waals surface area (Å²) in [5, 5.41) is 7.35. The Bertz CT molecular complexity index is 624. The molecule has 140 valence electrons. The van der Waals surface area contributed by atoms with Gasteiger partial charge in [0.25, 0.3) is 0 Å². The second-order valence-corrected chi connectivity index (χ2v) is 8.37.